The first kappa shape index (κ1) is 23.1. The van der Waals surface area contributed by atoms with E-state index in [9.17, 15) is 9.59 Å². The van der Waals surface area contributed by atoms with Crippen molar-refractivity contribution in [1.82, 2.24) is 10.3 Å². The van der Waals surface area contributed by atoms with E-state index in [0.717, 1.165) is 46.7 Å². The SMILES string of the molecule is NC(=O)OC1CCC(c2ncc(-c3ccc(NC(=O)NCc4ccccc4)cc3Cl)s2)CC1. The molecule has 1 aliphatic carbocycles. The lowest BCUT2D eigenvalue weighted by Crippen LogP contribution is -2.28. The molecule has 33 heavy (non-hydrogen) atoms. The summed E-state index contributed by atoms with van der Waals surface area (Å²) in [5.41, 5.74) is 7.63. The Balaban J connectivity index is 1.34. The van der Waals surface area contributed by atoms with Crippen LogP contribution in [0.25, 0.3) is 10.4 Å². The van der Waals surface area contributed by atoms with Crippen LogP contribution in [0.5, 0.6) is 0 Å². The minimum Gasteiger partial charge on any atom is -0.446 e. The Labute approximate surface area is 201 Å². The van der Waals surface area contributed by atoms with Crippen molar-refractivity contribution in [3.63, 3.8) is 0 Å². The van der Waals surface area contributed by atoms with Gasteiger partial charge in [-0.15, -0.1) is 11.3 Å². The zero-order chi connectivity index (χ0) is 23.2. The molecule has 4 rings (SSSR count). The Morgan fingerprint density at radius 1 is 1.12 bits per heavy atom. The second-order valence-electron chi connectivity index (χ2n) is 7.96. The number of carbonyl (C=O) groups is 2. The molecule has 9 heteroatoms. The number of hydrogen-bond donors (Lipinski definition) is 3. The number of carbonyl (C=O) groups excluding carboxylic acids is 2. The molecular weight excluding hydrogens is 460 g/mol. The quantitative estimate of drug-likeness (QED) is 0.404. The molecule has 0 unspecified atom stereocenters. The molecule has 0 radical (unpaired) electrons. The lowest BCUT2D eigenvalue weighted by atomic mass is 9.88. The highest BCUT2D eigenvalue weighted by Crippen LogP contribution is 2.40. The van der Waals surface area contributed by atoms with Crippen molar-refractivity contribution in [2.24, 2.45) is 5.73 Å². The summed E-state index contributed by atoms with van der Waals surface area (Å²) >= 11 is 8.15. The summed E-state index contributed by atoms with van der Waals surface area (Å²) in [6, 6.07) is 14.9. The first-order valence-electron chi connectivity index (χ1n) is 10.8. The van der Waals surface area contributed by atoms with Gasteiger partial charge in [0.25, 0.3) is 0 Å². The number of benzene rings is 2. The van der Waals surface area contributed by atoms with Gasteiger partial charge in [-0.1, -0.05) is 41.9 Å². The van der Waals surface area contributed by atoms with E-state index in [0.29, 0.717) is 23.2 Å². The van der Waals surface area contributed by atoms with Gasteiger partial charge in [0.15, 0.2) is 0 Å². The van der Waals surface area contributed by atoms with Crippen LogP contribution in [-0.2, 0) is 11.3 Å². The summed E-state index contributed by atoms with van der Waals surface area (Å²) in [5, 5.41) is 7.25. The summed E-state index contributed by atoms with van der Waals surface area (Å²) < 4.78 is 5.11. The lowest BCUT2D eigenvalue weighted by molar-refractivity contribution is 0.0787. The molecule has 0 saturated heterocycles. The van der Waals surface area contributed by atoms with Gasteiger partial charge >= 0.3 is 12.1 Å². The number of amides is 3. The summed E-state index contributed by atoms with van der Waals surface area (Å²) in [6.45, 7) is 0.443. The molecule has 1 saturated carbocycles. The monoisotopic (exact) mass is 484 g/mol. The van der Waals surface area contributed by atoms with Crippen LogP contribution in [0.1, 0.15) is 42.2 Å². The fourth-order valence-electron chi connectivity index (χ4n) is 3.94. The van der Waals surface area contributed by atoms with Crippen LogP contribution >= 0.6 is 22.9 Å². The maximum absolute atomic E-state index is 12.2. The first-order chi connectivity index (χ1) is 16.0. The Morgan fingerprint density at radius 2 is 1.88 bits per heavy atom. The van der Waals surface area contributed by atoms with Crippen LogP contribution in [0.3, 0.4) is 0 Å². The number of ether oxygens (including phenoxy) is 1. The highest BCUT2D eigenvalue weighted by Gasteiger charge is 2.26. The number of aromatic nitrogens is 1. The van der Waals surface area contributed by atoms with Gasteiger partial charge in [0, 0.05) is 29.9 Å². The Hall–Kier alpha value is -3.10. The van der Waals surface area contributed by atoms with Gasteiger partial charge in [-0.05, 0) is 49.4 Å². The lowest BCUT2D eigenvalue weighted by Gasteiger charge is -2.26. The van der Waals surface area contributed by atoms with Crippen LogP contribution in [0.15, 0.2) is 54.7 Å². The van der Waals surface area contributed by atoms with E-state index in [2.05, 4.69) is 15.6 Å². The normalized spacial score (nSPS) is 17.8. The molecule has 172 valence electrons. The van der Waals surface area contributed by atoms with Gasteiger partial charge in [0.2, 0.25) is 0 Å². The Kier molecular flexibility index (Phi) is 7.47. The molecule has 0 bridgehead atoms. The largest absolute Gasteiger partial charge is 0.446 e. The molecule has 7 nitrogen and oxygen atoms in total. The third-order valence-electron chi connectivity index (χ3n) is 5.62. The van der Waals surface area contributed by atoms with Crippen molar-refractivity contribution in [2.75, 3.05) is 5.32 Å². The van der Waals surface area contributed by atoms with Crippen LogP contribution < -0.4 is 16.4 Å². The Bertz CT molecular complexity index is 1110. The van der Waals surface area contributed by atoms with Crippen molar-refractivity contribution in [3.05, 3.63) is 70.3 Å². The van der Waals surface area contributed by atoms with Gasteiger partial charge in [0.05, 0.1) is 14.9 Å². The standard InChI is InChI=1S/C24H25ClN4O3S/c25-20-12-17(29-24(31)28-13-15-4-2-1-3-5-15)8-11-19(20)21-14-27-22(33-21)16-6-9-18(10-7-16)32-23(26)30/h1-5,8,11-12,14,16,18H,6-7,9-10,13H2,(H2,26,30)(H2,28,29,31). The van der Waals surface area contributed by atoms with Crippen molar-refractivity contribution < 1.29 is 14.3 Å². The average Bonchev–Trinajstić information content (AvgIpc) is 3.28. The van der Waals surface area contributed by atoms with E-state index in [4.69, 9.17) is 22.1 Å². The maximum Gasteiger partial charge on any atom is 0.404 e. The first-order valence-corrected chi connectivity index (χ1v) is 12.0. The molecule has 4 N–H and O–H groups in total. The molecule has 0 spiro atoms. The van der Waals surface area contributed by atoms with E-state index in [1.54, 1.807) is 17.4 Å². The van der Waals surface area contributed by atoms with E-state index in [-0.39, 0.29) is 12.1 Å². The molecule has 1 heterocycles. The zero-order valence-electron chi connectivity index (χ0n) is 17.9. The van der Waals surface area contributed by atoms with Gasteiger partial charge < -0.3 is 21.1 Å². The average molecular weight is 485 g/mol. The van der Waals surface area contributed by atoms with Crippen LogP contribution in [0.2, 0.25) is 5.02 Å². The van der Waals surface area contributed by atoms with Crippen LogP contribution in [0.4, 0.5) is 15.3 Å². The smallest absolute Gasteiger partial charge is 0.404 e. The van der Waals surface area contributed by atoms with Crippen LogP contribution in [0, 0.1) is 0 Å². The molecule has 1 aromatic heterocycles. The van der Waals surface area contributed by atoms with Gasteiger partial charge in [-0.3, -0.25) is 0 Å². The molecule has 3 aromatic rings. The fourth-order valence-corrected chi connectivity index (χ4v) is 5.40. The molecule has 3 amide bonds. The topological polar surface area (TPSA) is 106 Å². The third kappa shape index (κ3) is 6.24. The van der Waals surface area contributed by atoms with Crippen molar-refractivity contribution in [3.8, 4) is 10.4 Å². The van der Waals surface area contributed by atoms with Crippen molar-refractivity contribution >= 4 is 40.7 Å². The highest BCUT2D eigenvalue weighted by molar-refractivity contribution is 7.15. The number of primary amides is 1. The zero-order valence-corrected chi connectivity index (χ0v) is 19.5. The number of halogens is 1. The minimum atomic E-state index is -0.712. The number of nitrogens with zero attached hydrogens (tertiary/aromatic N) is 1. The number of urea groups is 1. The number of thiazole rings is 1. The predicted octanol–water partition coefficient (Wildman–Crippen LogP) is 5.91. The molecule has 0 atom stereocenters. The van der Waals surface area contributed by atoms with Crippen molar-refractivity contribution in [2.45, 2.75) is 44.2 Å². The van der Waals surface area contributed by atoms with Gasteiger partial charge in [-0.25, -0.2) is 14.6 Å². The number of nitrogens with two attached hydrogens (primary N) is 1. The predicted molar refractivity (Wildman–Crippen MR) is 131 cm³/mol. The molecule has 1 fully saturated rings. The number of anilines is 1. The third-order valence-corrected chi connectivity index (χ3v) is 7.12. The van der Waals surface area contributed by atoms with Gasteiger partial charge in [-0.2, -0.15) is 0 Å². The Morgan fingerprint density at radius 3 is 2.58 bits per heavy atom. The number of hydrogen-bond acceptors (Lipinski definition) is 5. The van der Waals surface area contributed by atoms with Crippen molar-refractivity contribution in [1.29, 1.82) is 0 Å². The maximum atomic E-state index is 12.2. The summed E-state index contributed by atoms with van der Waals surface area (Å²) in [6.07, 6.45) is 4.41. The summed E-state index contributed by atoms with van der Waals surface area (Å²) in [7, 11) is 0. The van der Waals surface area contributed by atoms with E-state index >= 15 is 0 Å². The summed E-state index contributed by atoms with van der Waals surface area (Å²) in [4.78, 5) is 28.7. The van der Waals surface area contributed by atoms with E-state index < -0.39 is 6.09 Å². The molecular formula is C24H25ClN4O3S. The summed E-state index contributed by atoms with van der Waals surface area (Å²) in [5.74, 6) is 0.338. The van der Waals surface area contributed by atoms with Crippen LogP contribution in [-0.4, -0.2) is 23.2 Å². The number of nitrogens with one attached hydrogen (secondary N) is 2. The molecule has 1 aliphatic rings. The fraction of sp³-hybridized carbons (Fsp3) is 0.292. The molecule has 0 aliphatic heterocycles. The van der Waals surface area contributed by atoms with E-state index in [1.165, 1.54) is 0 Å². The second-order valence-corrected chi connectivity index (χ2v) is 9.43. The highest BCUT2D eigenvalue weighted by atomic mass is 35.5. The minimum absolute atomic E-state index is 0.0995. The van der Waals surface area contributed by atoms with Gasteiger partial charge in [0.1, 0.15) is 6.10 Å². The molecule has 2 aromatic carbocycles. The number of rotatable bonds is 6. The second kappa shape index (κ2) is 10.7. The van der Waals surface area contributed by atoms with E-state index in [1.807, 2.05) is 48.7 Å².